The van der Waals surface area contributed by atoms with E-state index < -0.39 is 0 Å². The van der Waals surface area contributed by atoms with Crippen molar-refractivity contribution in [1.82, 2.24) is 4.98 Å². The summed E-state index contributed by atoms with van der Waals surface area (Å²) < 4.78 is 0. The molecular weight excluding hydrogens is 340 g/mol. The first-order valence-electron chi connectivity index (χ1n) is 8.12. The molecule has 0 radical (unpaired) electrons. The average Bonchev–Trinajstić information content (AvgIpc) is 2.68. The van der Waals surface area contributed by atoms with Gasteiger partial charge in [0, 0.05) is 4.90 Å². The quantitative estimate of drug-likeness (QED) is 0.734. The molecule has 5 heteroatoms. The number of aromatic nitrogens is 1. The Morgan fingerprint density at radius 1 is 0.846 bits per heavy atom. The highest BCUT2D eigenvalue weighted by molar-refractivity contribution is 7.99. The van der Waals surface area contributed by atoms with Crippen molar-refractivity contribution in [2.24, 2.45) is 0 Å². The first kappa shape index (κ1) is 17.5. The number of hydrogen-bond donors (Lipinski definition) is 1. The van der Waals surface area contributed by atoms with Crippen LogP contribution in [0, 0.1) is 22.7 Å². The van der Waals surface area contributed by atoms with Crippen molar-refractivity contribution in [2.75, 3.05) is 5.73 Å². The highest BCUT2D eigenvalue weighted by Crippen LogP contribution is 2.33. The van der Waals surface area contributed by atoms with E-state index in [1.807, 2.05) is 60.7 Å². The van der Waals surface area contributed by atoms with Crippen LogP contribution in [0.5, 0.6) is 0 Å². The van der Waals surface area contributed by atoms with Crippen LogP contribution in [0.2, 0.25) is 0 Å². The van der Waals surface area contributed by atoms with Crippen LogP contribution in [-0.4, -0.2) is 4.98 Å². The summed E-state index contributed by atoms with van der Waals surface area (Å²) in [6, 6.07) is 24.0. The predicted molar refractivity (Wildman–Crippen MR) is 102 cm³/mol. The molecule has 1 aromatic heterocycles. The van der Waals surface area contributed by atoms with Crippen molar-refractivity contribution < 1.29 is 0 Å². The summed E-state index contributed by atoms with van der Waals surface area (Å²) in [6.45, 7) is 0. The molecule has 0 unspecified atom stereocenters. The van der Waals surface area contributed by atoms with Gasteiger partial charge in [-0.25, -0.2) is 4.98 Å². The molecule has 4 nitrogen and oxygen atoms in total. The molecule has 0 fully saturated rings. The maximum Gasteiger partial charge on any atom is 0.143 e. The number of nitrogens with zero attached hydrogens (tertiary/aromatic N) is 3. The molecule has 26 heavy (non-hydrogen) atoms. The Morgan fingerprint density at radius 2 is 1.46 bits per heavy atom. The topological polar surface area (TPSA) is 86.5 Å². The second kappa shape index (κ2) is 8.20. The van der Waals surface area contributed by atoms with E-state index in [4.69, 9.17) is 5.73 Å². The van der Waals surface area contributed by atoms with Crippen LogP contribution in [0.25, 0.3) is 0 Å². The molecule has 1 heterocycles. The molecule has 0 aliphatic heterocycles. The van der Waals surface area contributed by atoms with Crippen LogP contribution in [0.4, 0.5) is 5.82 Å². The van der Waals surface area contributed by atoms with E-state index in [9.17, 15) is 10.5 Å². The molecule has 126 valence electrons. The lowest BCUT2D eigenvalue weighted by molar-refractivity contribution is 0.928. The minimum absolute atomic E-state index is 0.174. The highest BCUT2D eigenvalue weighted by atomic mass is 32.2. The molecule has 0 saturated heterocycles. The second-order valence-corrected chi connectivity index (χ2v) is 6.72. The predicted octanol–water partition coefficient (Wildman–Crippen LogP) is 4.34. The van der Waals surface area contributed by atoms with Gasteiger partial charge < -0.3 is 5.73 Å². The largest absolute Gasteiger partial charge is 0.383 e. The number of hydrogen-bond acceptors (Lipinski definition) is 5. The lowest BCUT2D eigenvalue weighted by Crippen LogP contribution is -2.07. The molecule has 2 N–H and O–H groups in total. The van der Waals surface area contributed by atoms with Crippen molar-refractivity contribution >= 4 is 17.6 Å². The summed E-state index contributed by atoms with van der Waals surface area (Å²) >= 11 is 1.38. The Morgan fingerprint density at radius 3 is 2.08 bits per heavy atom. The summed E-state index contributed by atoms with van der Waals surface area (Å²) in [5, 5.41) is 19.8. The van der Waals surface area contributed by atoms with Crippen molar-refractivity contribution in [3.8, 4) is 12.1 Å². The third kappa shape index (κ3) is 3.85. The van der Waals surface area contributed by atoms with Gasteiger partial charge in [-0.2, -0.15) is 10.5 Å². The molecular formula is C21H16N4S. The molecule has 0 aliphatic rings. The van der Waals surface area contributed by atoms with Crippen molar-refractivity contribution in [2.45, 2.75) is 22.8 Å². The minimum Gasteiger partial charge on any atom is -0.383 e. The van der Waals surface area contributed by atoms with Gasteiger partial charge >= 0.3 is 0 Å². The van der Waals surface area contributed by atoms with Gasteiger partial charge in [-0.3, -0.25) is 0 Å². The van der Waals surface area contributed by atoms with E-state index in [0.717, 1.165) is 16.9 Å². The van der Waals surface area contributed by atoms with Gasteiger partial charge in [-0.05, 0) is 36.1 Å². The van der Waals surface area contributed by atoms with Crippen LogP contribution in [-0.2, 0) is 12.8 Å². The molecule has 0 bridgehead atoms. The smallest absolute Gasteiger partial charge is 0.143 e. The van der Waals surface area contributed by atoms with Crippen LogP contribution in [0.15, 0.2) is 70.6 Å². The zero-order valence-corrected chi connectivity index (χ0v) is 14.8. The normalized spacial score (nSPS) is 10.1. The minimum atomic E-state index is 0.174. The van der Waals surface area contributed by atoms with Gasteiger partial charge in [-0.15, -0.1) is 0 Å². The average molecular weight is 356 g/mol. The summed E-state index contributed by atoms with van der Waals surface area (Å²) in [5.74, 6) is 0.174. The van der Waals surface area contributed by atoms with Crippen LogP contribution in [0.1, 0.15) is 22.3 Å². The number of rotatable bonds is 5. The van der Waals surface area contributed by atoms with Crippen LogP contribution >= 0.6 is 11.8 Å². The van der Waals surface area contributed by atoms with Gasteiger partial charge in [0.25, 0.3) is 0 Å². The lowest BCUT2D eigenvalue weighted by atomic mass is 9.97. The molecule has 0 amide bonds. The van der Waals surface area contributed by atoms with Gasteiger partial charge in [0.1, 0.15) is 23.0 Å². The molecule has 0 spiro atoms. The van der Waals surface area contributed by atoms with E-state index in [2.05, 4.69) is 17.1 Å². The number of pyridine rings is 1. The van der Waals surface area contributed by atoms with Crippen molar-refractivity contribution in [1.29, 1.82) is 10.5 Å². The second-order valence-electron chi connectivity index (χ2n) is 5.66. The maximum atomic E-state index is 9.73. The summed E-state index contributed by atoms with van der Waals surface area (Å²) in [5.41, 5.74) is 8.57. The third-order valence-electron chi connectivity index (χ3n) is 3.98. The Bertz CT molecular complexity index is 987. The standard InChI is InChI=1S/C21H16N4S/c22-13-18-17(12-11-15-7-3-1-4-8-15)19(14-23)21(25-20(18)24)26-16-9-5-2-6-10-16/h1-10H,11-12H2,(H2,24,25). The third-order valence-corrected chi connectivity index (χ3v) is 4.98. The first-order chi connectivity index (χ1) is 12.7. The van der Waals surface area contributed by atoms with Gasteiger partial charge in [-0.1, -0.05) is 60.3 Å². The monoisotopic (exact) mass is 356 g/mol. The van der Waals surface area contributed by atoms with Crippen molar-refractivity contribution in [3.05, 3.63) is 82.9 Å². The Kier molecular flexibility index (Phi) is 5.53. The zero-order valence-electron chi connectivity index (χ0n) is 14.0. The Hall–Kier alpha value is -3.28. The molecule has 3 rings (SSSR count). The molecule has 2 aromatic carbocycles. The number of nitriles is 2. The van der Waals surface area contributed by atoms with Gasteiger partial charge in [0.05, 0.1) is 11.1 Å². The van der Waals surface area contributed by atoms with E-state index in [0.29, 0.717) is 28.1 Å². The van der Waals surface area contributed by atoms with Gasteiger partial charge in [0.15, 0.2) is 0 Å². The fraction of sp³-hybridized carbons (Fsp3) is 0.0952. The number of nitrogens with two attached hydrogens (primary N) is 1. The molecule has 0 saturated carbocycles. The summed E-state index contributed by atoms with van der Waals surface area (Å²) in [4.78, 5) is 5.29. The van der Waals surface area contributed by atoms with E-state index in [-0.39, 0.29) is 5.82 Å². The number of anilines is 1. The lowest BCUT2D eigenvalue weighted by Gasteiger charge is -2.12. The fourth-order valence-corrected chi connectivity index (χ4v) is 3.64. The number of nitrogen functional groups attached to an aromatic ring is 1. The zero-order chi connectivity index (χ0) is 18.4. The van der Waals surface area contributed by atoms with Gasteiger partial charge in [0.2, 0.25) is 0 Å². The van der Waals surface area contributed by atoms with E-state index in [1.54, 1.807) is 0 Å². The Balaban J connectivity index is 2.00. The molecule has 0 aliphatic carbocycles. The van der Waals surface area contributed by atoms with Crippen LogP contribution < -0.4 is 5.73 Å². The fourth-order valence-electron chi connectivity index (χ4n) is 2.71. The SMILES string of the molecule is N#Cc1c(N)nc(Sc2ccccc2)c(C#N)c1CCc1ccccc1. The van der Waals surface area contributed by atoms with E-state index >= 15 is 0 Å². The van der Waals surface area contributed by atoms with E-state index in [1.165, 1.54) is 11.8 Å². The summed E-state index contributed by atoms with van der Waals surface area (Å²) in [7, 11) is 0. The maximum absolute atomic E-state index is 9.73. The molecule has 3 aromatic rings. The van der Waals surface area contributed by atoms with Crippen LogP contribution in [0.3, 0.4) is 0 Å². The first-order valence-corrected chi connectivity index (χ1v) is 8.94. The summed E-state index contributed by atoms with van der Waals surface area (Å²) in [6.07, 6.45) is 1.29. The number of aryl methyl sites for hydroxylation is 1. The molecule has 0 atom stereocenters. The highest BCUT2D eigenvalue weighted by Gasteiger charge is 2.19. The van der Waals surface area contributed by atoms with Crippen molar-refractivity contribution in [3.63, 3.8) is 0 Å². The Labute approximate surface area is 156 Å². The number of benzene rings is 2.